The van der Waals surface area contributed by atoms with Gasteiger partial charge in [0.25, 0.3) is 0 Å². The van der Waals surface area contributed by atoms with Crippen LogP contribution in [0, 0.1) is 6.92 Å². The minimum absolute atomic E-state index is 0.249. The summed E-state index contributed by atoms with van der Waals surface area (Å²) in [5, 5.41) is 0. The molecule has 0 N–H and O–H groups in total. The number of hydrogen-bond donors (Lipinski definition) is 0. The Hall–Kier alpha value is -1.57. The van der Waals surface area contributed by atoms with E-state index in [4.69, 9.17) is 4.74 Å². The number of methoxy groups -OCH3 is 1. The molecular weight excluding hydrogens is 224 g/mol. The van der Waals surface area contributed by atoms with Gasteiger partial charge in [0.05, 0.1) is 7.11 Å². The van der Waals surface area contributed by atoms with Gasteiger partial charge in [-0.25, -0.2) is 0 Å². The Morgan fingerprint density at radius 1 is 1.33 bits per heavy atom. The lowest BCUT2D eigenvalue weighted by Crippen LogP contribution is -2.10. The van der Waals surface area contributed by atoms with Gasteiger partial charge in [-0.2, -0.15) is 0 Å². The van der Waals surface area contributed by atoms with E-state index >= 15 is 0 Å². The van der Waals surface area contributed by atoms with Crippen LogP contribution in [0.5, 0.6) is 5.75 Å². The number of carbonyl (C=O) groups is 1. The third-order valence-electron chi connectivity index (χ3n) is 3.44. The topological polar surface area (TPSA) is 26.3 Å². The summed E-state index contributed by atoms with van der Waals surface area (Å²) in [4.78, 5) is 12.2. The van der Waals surface area contributed by atoms with Gasteiger partial charge in [-0.1, -0.05) is 23.8 Å². The van der Waals surface area contributed by atoms with Crippen molar-refractivity contribution < 1.29 is 9.53 Å². The van der Waals surface area contributed by atoms with Gasteiger partial charge in [0.15, 0.2) is 5.78 Å². The van der Waals surface area contributed by atoms with E-state index in [1.54, 1.807) is 7.11 Å². The predicted octanol–water partition coefficient (Wildman–Crippen LogP) is 3.62. The second-order valence-electron chi connectivity index (χ2n) is 4.89. The number of aryl methyl sites for hydroxylation is 1. The SMILES string of the molecule is COc1ccc(C)cc1CC(=O)C1=CCCCC1. The number of carbonyl (C=O) groups excluding carboxylic acids is 1. The van der Waals surface area contributed by atoms with Gasteiger partial charge >= 0.3 is 0 Å². The van der Waals surface area contributed by atoms with Gasteiger partial charge in [0, 0.05) is 12.0 Å². The van der Waals surface area contributed by atoms with Crippen molar-refractivity contribution in [3.63, 3.8) is 0 Å². The molecule has 0 aromatic heterocycles. The van der Waals surface area contributed by atoms with Crippen LogP contribution in [0.3, 0.4) is 0 Å². The Morgan fingerprint density at radius 3 is 2.83 bits per heavy atom. The fraction of sp³-hybridized carbons (Fsp3) is 0.438. The molecule has 0 saturated heterocycles. The third-order valence-corrected chi connectivity index (χ3v) is 3.44. The van der Waals surface area contributed by atoms with Crippen molar-refractivity contribution in [1.29, 1.82) is 0 Å². The summed E-state index contributed by atoms with van der Waals surface area (Å²) < 4.78 is 5.32. The first-order valence-electron chi connectivity index (χ1n) is 6.56. The van der Waals surface area contributed by atoms with Gasteiger partial charge in [-0.15, -0.1) is 0 Å². The number of allylic oxidation sites excluding steroid dienone is 2. The molecule has 0 heterocycles. The molecule has 96 valence electrons. The summed E-state index contributed by atoms with van der Waals surface area (Å²) in [7, 11) is 1.65. The molecule has 0 spiro atoms. The van der Waals surface area contributed by atoms with Crippen LogP contribution in [0.1, 0.15) is 36.8 Å². The lowest BCUT2D eigenvalue weighted by atomic mass is 9.93. The van der Waals surface area contributed by atoms with Crippen LogP contribution < -0.4 is 4.74 Å². The predicted molar refractivity (Wildman–Crippen MR) is 73.0 cm³/mol. The number of ether oxygens (including phenoxy) is 1. The standard InChI is InChI=1S/C16H20O2/c1-12-8-9-16(18-2)14(10-12)11-15(17)13-6-4-3-5-7-13/h6,8-10H,3-5,7,11H2,1-2H3. The zero-order valence-corrected chi connectivity index (χ0v) is 11.2. The molecular formula is C16H20O2. The number of hydrogen-bond acceptors (Lipinski definition) is 2. The van der Waals surface area contributed by atoms with Gasteiger partial charge in [0.1, 0.15) is 5.75 Å². The molecule has 18 heavy (non-hydrogen) atoms. The van der Waals surface area contributed by atoms with E-state index in [0.29, 0.717) is 6.42 Å². The molecule has 2 rings (SSSR count). The summed E-state index contributed by atoms with van der Waals surface area (Å²) in [5.41, 5.74) is 3.16. The van der Waals surface area contributed by atoms with Crippen LogP contribution in [0.15, 0.2) is 29.8 Å². The fourth-order valence-electron chi connectivity index (χ4n) is 2.42. The molecule has 0 radical (unpaired) electrons. The van der Waals surface area contributed by atoms with Gasteiger partial charge in [0.2, 0.25) is 0 Å². The lowest BCUT2D eigenvalue weighted by molar-refractivity contribution is -0.115. The lowest BCUT2D eigenvalue weighted by Gasteiger charge is -2.13. The van der Waals surface area contributed by atoms with Crippen LogP contribution >= 0.6 is 0 Å². The van der Waals surface area contributed by atoms with Crippen molar-refractivity contribution in [2.45, 2.75) is 39.0 Å². The number of benzene rings is 1. The monoisotopic (exact) mass is 244 g/mol. The van der Waals surface area contributed by atoms with Crippen molar-refractivity contribution in [2.75, 3.05) is 7.11 Å². The maximum atomic E-state index is 12.2. The Kier molecular flexibility index (Phi) is 4.19. The summed E-state index contributed by atoms with van der Waals surface area (Å²) in [6.45, 7) is 2.04. The second-order valence-corrected chi connectivity index (χ2v) is 4.89. The van der Waals surface area contributed by atoms with Gasteiger partial charge < -0.3 is 4.74 Å². The maximum absolute atomic E-state index is 12.2. The van der Waals surface area contributed by atoms with Crippen molar-refractivity contribution in [2.24, 2.45) is 0 Å². The van der Waals surface area contributed by atoms with Crippen molar-refractivity contribution in [1.82, 2.24) is 0 Å². The third kappa shape index (κ3) is 3.00. The number of ketones is 1. The molecule has 0 saturated carbocycles. The highest BCUT2D eigenvalue weighted by Crippen LogP contribution is 2.24. The first-order valence-corrected chi connectivity index (χ1v) is 6.56. The molecule has 2 heteroatoms. The highest BCUT2D eigenvalue weighted by atomic mass is 16.5. The van der Waals surface area contributed by atoms with Crippen LogP contribution in [0.4, 0.5) is 0 Å². The highest BCUT2D eigenvalue weighted by Gasteiger charge is 2.15. The zero-order valence-electron chi connectivity index (χ0n) is 11.2. The molecule has 1 aliphatic carbocycles. The average Bonchev–Trinajstić information content (AvgIpc) is 2.40. The largest absolute Gasteiger partial charge is 0.496 e. The van der Waals surface area contributed by atoms with Crippen LogP contribution in [0.2, 0.25) is 0 Å². The average molecular weight is 244 g/mol. The van der Waals surface area contributed by atoms with Crippen LogP contribution in [-0.2, 0) is 11.2 Å². The molecule has 2 nitrogen and oxygen atoms in total. The fourth-order valence-corrected chi connectivity index (χ4v) is 2.42. The minimum Gasteiger partial charge on any atom is -0.496 e. The first-order chi connectivity index (χ1) is 8.70. The maximum Gasteiger partial charge on any atom is 0.163 e. The van der Waals surface area contributed by atoms with Gasteiger partial charge in [-0.05, 0) is 44.2 Å². The molecule has 0 unspecified atom stereocenters. The van der Waals surface area contributed by atoms with E-state index in [9.17, 15) is 4.79 Å². The smallest absolute Gasteiger partial charge is 0.163 e. The first kappa shape index (κ1) is 12.9. The molecule has 1 aromatic rings. The van der Waals surface area contributed by atoms with Crippen LogP contribution in [-0.4, -0.2) is 12.9 Å². The number of rotatable bonds is 4. The highest BCUT2D eigenvalue weighted by molar-refractivity contribution is 5.97. The van der Waals surface area contributed by atoms with E-state index < -0.39 is 0 Å². The summed E-state index contributed by atoms with van der Waals surface area (Å²) in [6, 6.07) is 5.99. The molecule has 0 fully saturated rings. The molecule has 0 bridgehead atoms. The quantitative estimate of drug-likeness (QED) is 0.808. The molecule has 1 aliphatic rings. The molecule has 1 aromatic carbocycles. The number of Topliss-reactive ketones (excluding diaryl/α,β-unsaturated/α-hetero) is 1. The Bertz CT molecular complexity index is 472. The molecule has 0 aliphatic heterocycles. The summed E-state index contributed by atoms with van der Waals surface area (Å²) >= 11 is 0. The summed E-state index contributed by atoms with van der Waals surface area (Å²) in [6.07, 6.45) is 6.90. The second kappa shape index (κ2) is 5.85. The van der Waals surface area contributed by atoms with Crippen molar-refractivity contribution in [3.8, 4) is 5.75 Å². The van der Waals surface area contributed by atoms with Crippen molar-refractivity contribution >= 4 is 5.78 Å². The van der Waals surface area contributed by atoms with E-state index in [0.717, 1.165) is 41.7 Å². The minimum atomic E-state index is 0.249. The molecule has 0 amide bonds. The Morgan fingerprint density at radius 2 is 2.17 bits per heavy atom. The van der Waals surface area contributed by atoms with E-state index in [2.05, 4.69) is 6.08 Å². The van der Waals surface area contributed by atoms with Gasteiger partial charge in [-0.3, -0.25) is 4.79 Å². The summed E-state index contributed by atoms with van der Waals surface area (Å²) in [5.74, 6) is 1.06. The zero-order chi connectivity index (χ0) is 13.0. The van der Waals surface area contributed by atoms with E-state index in [1.165, 1.54) is 6.42 Å². The van der Waals surface area contributed by atoms with Crippen LogP contribution in [0.25, 0.3) is 0 Å². The van der Waals surface area contributed by atoms with E-state index in [1.807, 2.05) is 25.1 Å². The van der Waals surface area contributed by atoms with E-state index in [-0.39, 0.29) is 5.78 Å². The Balaban J connectivity index is 2.15. The molecule has 0 atom stereocenters. The van der Waals surface area contributed by atoms with Crippen molar-refractivity contribution in [3.05, 3.63) is 41.0 Å². The normalized spacial score (nSPS) is 15.1. The Labute approximate surface area is 109 Å².